The maximum Gasteiger partial charge on any atom is 0.0564 e. The summed E-state index contributed by atoms with van der Waals surface area (Å²) in [4.78, 5) is 3.88. The minimum absolute atomic E-state index is 0.0582. The first-order valence-corrected chi connectivity index (χ1v) is 7.04. The van der Waals surface area contributed by atoms with Crippen LogP contribution >= 0.6 is 27.3 Å². The van der Waals surface area contributed by atoms with Crippen LogP contribution in [0.15, 0.2) is 15.9 Å². The van der Waals surface area contributed by atoms with E-state index in [1.165, 1.54) is 9.35 Å². The quantitative estimate of drug-likeness (QED) is 0.924. The van der Waals surface area contributed by atoms with Crippen molar-refractivity contribution in [3.63, 3.8) is 0 Å². The van der Waals surface area contributed by atoms with Crippen molar-refractivity contribution in [1.82, 2.24) is 4.90 Å². The predicted molar refractivity (Wildman–Crippen MR) is 67.4 cm³/mol. The SMILES string of the molecule is OC1CCN(CCc2cc(Br)cs2)CC1. The summed E-state index contributed by atoms with van der Waals surface area (Å²) >= 11 is 5.29. The number of hydrogen-bond acceptors (Lipinski definition) is 3. The Morgan fingerprint density at radius 1 is 1.47 bits per heavy atom. The van der Waals surface area contributed by atoms with Crippen LogP contribution in [0, 0.1) is 0 Å². The summed E-state index contributed by atoms with van der Waals surface area (Å²) in [6, 6.07) is 2.20. The van der Waals surface area contributed by atoms with Crippen molar-refractivity contribution in [1.29, 1.82) is 0 Å². The summed E-state index contributed by atoms with van der Waals surface area (Å²) in [6.07, 6.45) is 2.95. The summed E-state index contributed by atoms with van der Waals surface area (Å²) in [6.45, 7) is 3.22. The van der Waals surface area contributed by atoms with Crippen LogP contribution in [0.5, 0.6) is 0 Å². The van der Waals surface area contributed by atoms with E-state index in [9.17, 15) is 5.11 Å². The lowest BCUT2D eigenvalue weighted by Crippen LogP contribution is -2.36. The van der Waals surface area contributed by atoms with Crippen molar-refractivity contribution in [2.75, 3.05) is 19.6 Å². The Balaban J connectivity index is 1.74. The van der Waals surface area contributed by atoms with Crippen molar-refractivity contribution in [3.8, 4) is 0 Å². The molecule has 2 rings (SSSR count). The number of hydrogen-bond donors (Lipinski definition) is 1. The molecular formula is C11H16BrNOS. The van der Waals surface area contributed by atoms with E-state index in [1.54, 1.807) is 0 Å². The van der Waals surface area contributed by atoms with Gasteiger partial charge < -0.3 is 10.0 Å². The standard InChI is InChI=1S/C11H16BrNOS/c12-9-7-11(15-8-9)3-6-13-4-1-10(14)2-5-13/h7-8,10,14H,1-6H2. The molecule has 15 heavy (non-hydrogen) atoms. The van der Waals surface area contributed by atoms with E-state index in [-0.39, 0.29) is 6.10 Å². The summed E-state index contributed by atoms with van der Waals surface area (Å²) in [5.74, 6) is 0. The molecule has 0 amide bonds. The second-order valence-electron chi connectivity index (χ2n) is 4.05. The zero-order chi connectivity index (χ0) is 10.7. The Labute approximate surface area is 103 Å². The Hall–Kier alpha value is 0.1000. The molecule has 0 atom stereocenters. The highest BCUT2D eigenvalue weighted by Gasteiger charge is 2.16. The van der Waals surface area contributed by atoms with Crippen molar-refractivity contribution in [2.45, 2.75) is 25.4 Å². The van der Waals surface area contributed by atoms with E-state index >= 15 is 0 Å². The molecule has 84 valence electrons. The molecule has 0 unspecified atom stereocenters. The maximum atomic E-state index is 9.38. The number of halogens is 1. The molecule has 1 aromatic rings. The van der Waals surface area contributed by atoms with E-state index in [4.69, 9.17) is 0 Å². The van der Waals surface area contributed by atoms with Crippen molar-refractivity contribution in [2.24, 2.45) is 0 Å². The molecule has 0 aromatic carbocycles. The molecule has 1 fully saturated rings. The molecule has 0 radical (unpaired) electrons. The lowest BCUT2D eigenvalue weighted by molar-refractivity contribution is 0.0833. The monoisotopic (exact) mass is 289 g/mol. The topological polar surface area (TPSA) is 23.5 Å². The van der Waals surface area contributed by atoms with Crippen LogP contribution in [0.2, 0.25) is 0 Å². The first-order chi connectivity index (χ1) is 7.24. The van der Waals surface area contributed by atoms with Crippen molar-refractivity contribution >= 4 is 27.3 Å². The number of likely N-dealkylation sites (tertiary alicyclic amines) is 1. The molecule has 0 aliphatic carbocycles. The molecule has 2 heterocycles. The summed E-state index contributed by atoms with van der Waals surface area (Å²) < 4.78 is 1.19. The normalized spacial score (nSPS) is 19.6. The fourth-order valence-electron chi connectivity index (χ4n) is 1.90. The molecular weight excluding hydrogens is 274 g/mol. The average Bonchev–Trinajstić information content (AvgIpc) is 2.64. The molecule has 1 aliphatic rings. The van der Waals surface area contributed by atoms with Crippen LogP contribution in [0.3, 0.4) is 0 Å². The van der Waals surface area contributed by atoms with Gasteiger partial charge in [0.05, 0.1) is 6.10 Å². The van der Waals surface area contributed by atoms with Crippen LogP contribution in [-0.2, 0) is 6.42 Å². The van der Waals surface area contributed by atoms with E-state index in [0.29, 0.717) is 0 Å². The summed E-state index contributed by atoms with van der Waals surface area (Å²) in [5.41, 5.74) is 0. The van der Waals surface area contributed by atoms with Crippen LogP contribution in [-0.4, -0.2) is 35.7 Å². The van der Waals surface area contributed by atoms with Crippen molar-refractivity contribution < 1.29 is 5.11 Å². The molecule has 1 N–H and O–H groups in total. The zero-order valence-electron chi connectivity index (χ0n) is 8.66. The third-order valence-electron chi connectivity index (χ3n) is 2.85. The number of aliphatic hydroxyl groups is 1. The van der Waals surface area contributed by atoms with Gasteiger partial charge in [0.1, 0.15) is 0 Å². The Morgan fingerprint density at radius 2 is 2.20 bits per heavy atom. The van der Waals surface area contributed by atoms with Gasteiger partial charge in [0.2, 0.25) is 0 Å². The fourth-order valence-corrected chi connectivity index (χ4v) is 3.34. The number of nitrogens with zero attached hydrogens (tertiary/aromatic N) is 1. The molecule has 1 aliphatic heterocycles. The lowest BCUT2D eigenvalue weighted by atomic mass is 10.1. The minimum Gasteiger partial charge on any atom is -0.393 e. The predicted octanol–water partition coefficient (Wildman–Crippen LogP) is 2.51. The van der Waals surface area contributed by atoms with E-state index < -0.39 is 0 Å². The van der Waals surface area contributed by atoms with Gasteiger partial charge in [-0.2, -0.15) is 0 Å². The van der Waals surface area contributed by atoms with E-state index in [0.717, 1.165) is 38.9 Å². The Kier molecular flexibility index (Phi) is 4.20. The number of thiophene rings is 1. The van der Waals surface area contributed by atoms with E-state index in [2.05, 4.69) is 32.3 Å². The molecule has 0 bridgehead atoms. The molecule has 0 spiro atoms. The van der Waals surface area contributed by atoms with Crippen LogP contribution in [0.1, 0.15) is 17.7 Å². The third-order valence-corrected chi connectivity index (χ3v) is 4.61. The van der Waals surface area contributed by atoms with Gasteiger partial charge in [0.25, 0.3) is 0 Å². The first kappa shape index (κ1) is 11.6. The van der Waals surface area contributed by atoms with Crippen LogP contribution in [0.4, 0.5) is 0 Å². The first-order valence-electron chi connectivity index (χ1n) is 5.37. The largest absolute Gasteiger partial charge is 0.393 e. The lowest BCUT2D eigenvalue weighted by Gasteiger charge is -2.29. The van der Waals surface area contributed by atoms with Gasteiger partial charge in [-0.15, -0.1) is 11.3 Å². The highest BCUT2D eigenvalue weighted by Crippen LogP contribution is 2.20. The summed E-state index contributed by atoms with van der Waals surface area (Å²) in [5, 5.41) is 11.5. The zero-order valence-corrected chi connectivity index (χ0v) is 11.1. The van der Waals surface area contributed by atoms with E-state index in [1.807, 2.05) is 11.3 Å². The molecule has 1 saturated heterocycles. The summed E-state index contributed by atoms with van der Waals surface area (Å²) in [7, 11) is 0. The molecule has 0 saturated carbocycles. The smallest absolute Gasteiger partial charge is 0.0564 e. The minimum atomic E-state index is -0.0582. The second kappa shape index (κ2) is 5.43. The van der Waals surface area contributed by atoms with Gasteiger partial charge in [-0.05, 0) is 41.3 Å². The highest BCUT2D eigenvalue weighted by atomic mass is 79.9. The van der Waals surface area contributed by atoms with Gasteiger partial charge in [0, 0.05) is 34.4 Å². The Morgan fingerprint density at radius 3 is 2.80 bits per heavy atom. The third kappa shape index (κ3) is 3.55. The average molecular weight is 290 g/mol. The van der Waals surface area contributed by atoms with Gasteiger partial charge in [-0.3, -0.25) is 0 Å². The number of piperidine rings is 1. The van der Waals surface area contributed by atoms with Gasteiger partial charge in [-0.1, -0.05) is 0 Å². The molecule has 2 nitrogen and oxygen atoms in total. The van der Waals surface area contributed by atoms with Gasteiger partial charge in [0.15, 0.2) is 0 Å². The number of rotatable bonds is 3. The second-order valence-corrected chi connectivity index (χ2v) is 5.97. The van der Waals surface area contributed by atoms with Crippen LogP contribution in [0.25, 0.3) is 0 Å². The molecule has 1 aromatic heterocycles. The van der Waals surface area contributed by atoms with Crippen LogP contribution < -0.4 is 0 Å². The van der Waals surface area contributed by atoms with Crippen molar-refractivity contribution in [3.05, 3.63) is 20.8 Å². The number of aliphatic hydroxyl groups excluding tert-OH is 1. The molecule has 4 heteroatoms. The van der Waals surface area contributed by atoms with Gasteiger partial charge >= 0.3 is 0 Å². The van der Waals surface area contributed by atoms with Gasteiger partial charge in [-0.25, -0.2) is 0 Å². The Bertz CT molecular complexity index is 307. The maximum absolute atomic E-state index is 9.38. The highest BCUT2D eigenvalue weighted by molar-refractivity contribution is 9.10. The fraction of sp³-hybridized carbons (Fsp3) is 0.636.